The van der Waals surface area contributed by atoms with Crippen molar-refractivity contribution in [3.63, 3.8) is 0 Å². The maximum Gasteiger partial charge on any atom is 0.0456 e. The van der Waals surface area contributed by atoms with Crippen LogP contribution in [0.15, 0.2) is 48.5 Å². The van der Waals surface area contributed by atoms with E-state index in [1.54, 1.807) is 0 Å². The van der Waals surface area contributed by atoms with Crippen LogP contribution in [0.2, 0.25) is 0 Å². The van der Waals surface area contributed by atoms with Crippen molar-refractivity contribution < 1.29 is 0 Å². The zero-order chi connectivity index (χ0) is 13.2. The molecule has 0 radical (unpaired) electrons. The Morgan fingerprint density at radius 2 is 1.74 bits per heavy atom. The van der Waals surface area contributed by atoms with Gasteiger partial charge in [0.25, 0.3) is 0 Å². The fraction of sp³-hybridized carbons (Fsp3) is 0.294. The number of nitrogens with zero attached hydrogens (tertiary/aromatic N) is 1. The van der Waals surface area contributed by atoms with Crippen LogP contribution >= 0.6 is 0 Å². The highest BCUT2D eigenvalue weighted by Gasteiger charge is 2.23. The first-order chi connectivity index (χ1) is 9.31. The van der Waals surface area contributed by atoms with Gasteiger partial charge in [-0.15, -0.1) is 0 Å². The van der Waals surface area contributed by atoms with E-state index in [9.17, 15) is 0 Å². The number of hydrogen-bond acceptors (Lipinski definition) is 2. The predicted molar refractivity (Wildman–Crippen MR) is 81.1 cm³/mol. The van der Waals surface area contributed by atoms with Crippen LogP contribution in [-0.2, 0) is 6.42 Å². The molecule has 1 aliphatic heterocycles. The lowest BCUT2D eigenvalue weighted by Crippen LogP contribution is -2.22. The Kier molecular flexibility index (Phi) is 3.26. The van der Waals surface area contributed by atoms with Crippen LogP contribution in [0.4, 0.5) is 11.4 Å². The second kappa shape index (κ2) is 5.06. The summed E-state index contributed by atoms with van der Waals surface area (Å²) in [5.74, 6) is 0. The van der Waals surface area contributed by atoms with Crippen molar-refractivity contribution in [2.45, 2.75) is 19.4 Å². The van der Waals surface area contributed by atoms with E-state index in [1.165, 1.54) is 22.5 Å². The zero-order valence-corrected chi connectivity index (χ0v) is 11.6. The van der Waals surface area contributed by atoms with Crippen LogP contribution in [-0.4, -0.2) is 13.6 Å². The average molecular weight is 252 g/mol. The van der Waals surface area contributed by atoms with Crippen LogP contribution in [0, 0.1) is 0 Å². The number of hydrogen-bond donors (Lipinski definition) is 1. The lowest BCUT2D eigenvalue weighted by Gasteiger charge is -2.22. The highest BCUT2D eigenvalue weighted by atomic mass is 15.1. The Hall–Kier alpha value is -1.80. The molecule has 2 aromatic rings. The van der Waals surface area contributed by atoms with Gasteiger partial charge in [0.05, 0.1) is 0 Å². The molecule has 3 rings (SSSR count). The fourth-order valence-electron chi connectivity index (χ4n) is 2.99. The Labute approximate surface area is 115 Å². The molecule has 0 spiro atoms. The van der Waals surface area contributed by atoms with Crippen LogP contribution < -0.4 is 10.2 Å². The fourth-order valence-corrected chi connectivity index (χ4v) is 2.99. The number of nitrogens with one attached hydrogen (secondary N) is 1. The van der Waals surface area contributed by atoms with Crippen molar-refractivity contribution in [3.05, 3.63) is 59.7 Å². The van der Waals surface area contributed by atoms with Crippen LogP contribution in [0.5, 0.6) is 0 Å². The molecule has 1 unspecified atom stereocenters. The molecule has 19 heavy (non-hydrogen) atoms. The lowest BCUT2D eigenvalue weighted by molar-refractivity contribution is 0.554. The molecule has 2 aromatic carbocycles. The minimum atomic E-state index is 0.396. The maximum absolute atomic E-state index is 3.62. The van der Waals surface area contributed by atoms with E-state index in [0.717, 1.165) is 13.0 Å². The molecule has 1 N–H and O–H groups in total. The quantitative estimate of drug-likeness (QED) is 0.877. The monoisotopic (exact) mass is 252 g/mol. The smallest absolute Gasteiger partial charge is 0.0456 e. The Bertz CT molecular complexity index is 577. The van der Waals surface area contributed by atoms with Gasteiger partial charge < -0.3 is 10.2 Å². The highest BCUT2D eigenvalue weighted by molar-refractivity contribution is 5.71. The van der Waals surface area contributed by atoms with Crippen molar-refractivity contribution in [1.29, 1.82) is 0 Å². The zero-order valence-electron chi connectivity index (χ0n) is 11.6. The van der Waals surface area contributed by atoms with Gasteiger partial charge in [-0.25, -0.2) is 0 Å². The van der Waals surface area contributed by atoms with Crippen LogP contribution in [0.3, 0.4) is 0 Å². The van der Waals surface area contributed by atoms with E-state index in [-0.39, 0.29) is 0 Å². The normalized spacial score (nSPS) is 17.6. The van der Waals surface area contributed by atoms with E-state index in [1.807, 2.05) is 0 Å². The van der Waals surface area contributed by atoms with Crippen molar-refractivity contribution in [3.8, 4) is 0 Å². The average Bonchev–Trinajstić information content (AvgIpc) is 2.57. The molecule has 2 heteroatoms. The molecule has 0 saturated carbocycles. The summed E-state index contributed by atoms with van der Waals surface area (Å²) in [6.07, 6.45) is 1.05. The van der Waals surface area contributed by atoms with Crippen molar-refractivity contribution in [1.82, 2.24) is 5.32 Å². The molecule has 0 aliphatic carbocycles. The molecular weight excluding hydrogens is 232 g/mol. The van der Waals surface area contributed by atoms with E-state index in [2.05, 4.69) is 72.7 Å². The molecule has 1 heterocycles. The molecule has 1 aliphatic rings. The summed E-state index contributed by atoms with van der Waals surface area (Å²) in [6.45, 7) is 3.16. The van der Waals surface area contributed by atoms with Crippen LogP contribution in [0.25, 0.3) is 0 Å². The summed E-state index contributed by atoms with van der Waals surface area (Å²) in [4.78, 5) is 2.31. The van der Waals surface area contributed by atoms with Gasteiger partial charge in [-0.1, -0.05) is 43.3 Å². The SMILES string of the molecule is CCNC1Cc2ccccc2N(C)c2ccccc21. The molecule has 0 bridgehead atoms. The third kappa shape index (κ3) is 2.13. The molecule has 98 valence electrons. The van der Waals surface area contributed by atoms with Gasteiger partial charge in [0, 0.05) is 24.5 Å². The van der Waals surface area contributed by atoms with Crippen molar-refractivity contribution in [2.75, 3.05) is 18.5 Å². The first-order valence-electron chi connectivity index (χ1n) is 6.95. The minimum absolute atomic E-state index is 0.396. The maximum atomic E-state index is 3.62. The van der Waals surface area contributed by atoms with E-state index in [0.29, 0.717) is 6.04 Å². The van der Waals surface area contributed by atoms with Crippen molar-refractivity contribution >= 4 is 11.4 Å². The summed E-state index contributed by atoms with van der Waals surface area (Å²) in [5.41, 5.74) is 5.42. The Morgan fingerprint density at radius 1 is 1.05 bits per heavy atom. The number of rotatable bonds is 2. The number of fused-ring (bicyclic) bond motifs is 2. The highest BCUT2D eigenvalue weighted by Crippen LogP contribution is 2.38. The minimum Gasteiger partial charge on any atom is -0.344 e. The molecule has 0 amide bonds. The Balaban J connectivity index is 2.15. The molecule has 0 fully saturated rings. The molecule has 0 aromatic heterocycles. The van der Waals surface area contributed by atoms with Gasteiger partial charge in [0.15, 0.2) is 0 Å². The first-order valence-corrected chi connectivity index (χ1v) is 6.95. The number of anilines is 2. The molecule has 1 atom stereocenters. The second-order valence-electron chi connectivity index (χ2n) is 5.06. The second-order valence-corrected chi connectivity index (χ2v) is 5.06. The van der Waals surface area contributed by atoms with Gasteiger partial charge in [0.1, 0.15) is 0 Å². The molecule has 2 nitrogen and oxygen atoms in total. The summed E-state index contributed by atoms with van der Waals surface area (Å²) < 4.78 is 0. The third-order valence-electron chi connectivity index (χ3n) is 3.90. The van der Waals surface area contributed by atoms with Crippen molar-refractivity contribution in [2.24, 2.45) is 0 Å². The largest absolute Gasteiger partial charge is 0.344 e. The van der Waals surface area contributed by atoms with Gasteiger partial charge in [-0.3, -0.25) is 0 Å². The van der Waals surface area contributed by atoms with Gasteiger partial charge in [-0.05, 0) is 36.2 Å². The standard InChI is InChI=1S/C17H20N2/c1-3-18-15-12-13-8-4-6-10-16(13)19(2)17-11-7-5-9-14(15)17/h4-11,15,18H,3,12H2,1-2H3. The van der Waals surface area contributed by atoms with E-state index in [4.69, 9.17) is 0 Å². The number of para-hydroxylation sites is 2. The van der Waals surface area contributed by atoms with Gasteiger partial charge >= 0.3 is 0 Å². The first kappa shape index (κ1) is 12.2. The summed E-state index contributed by atoms with van der Waals surface area (Å²) >= 11 is 0. The predicted octanol–water partition coefficient (Wildman–Crippen LogP) is 3.66. The summed E-state index contributed by atoms with van der Waals surface area (Å²) in [6, 6.07) is 17.8. The van der Waals surface area contributed by atoms with Gasteiger partial charge in [0.2, 0.25) is 0 Å². The Morgan fingerprint density at radius 3 is 2.53 bits per heavy atom. The summed E-state index contributed by atoms with van der Waals surface area (Å²) in [7, 11) is 2.16. The summed E-state index contributed by atoms with van der Waals surface area (Å²) in [5, 5.41) is 3.62. The van der Waals surface area contributed by atoms with E-state index < -0.39 is 0 Å². The van der Waals surface area contributed by atoms with Gasteiger partial charge in [-0.2, -0.15) is 0 Å². The third-order valence-corrected chi connectivity index (χ3v) is 3.90. The number of likely N-dealkylation sites (N-methyl/N-ethyl adjacent to an activating group) is 1. The van der Waals surface area contributed by atoms with Crippen LogP contribution in [0.1, 0.15) is 24.1 Å². The molecule has 0 saturated heterocycles. The van der Waals surface area contributed by atoms with E-state index >= 15 is 0 Å². The lowest BCUT2D eigenvalue weighted by atomic mass is 9.99. The topological polar surface area (TPSA) is 15.3 Å². The molecular formula is C17H20N2. The number of benzene rings is 2.